The average Bonchev–Trinajstić information content (AvgIpc) is 3.38. The fourth-order valence-corrected chi connectivity index (χ4v) is 9.92. The molecule has 0 aliphatic carbocycles. The van der Waals surface area contributed by atoms with Crippen LogP contribution in [0.4, 0.5) is 0 Å². The summed E-state index contributed by atoms with van der Waals surface area (Å²) in [5.41, 5.74) is 0. The van der Waals surface area contributed by atoms with Gasteiger partial charge < -0.3 is 20.3 Å². The third-order valence-electron chi connectivity index (χ3n) is 14.9. The first-order chi connectivity index (χ1) is 35.5. The van der Waals surface area contributed by atoms with Gasteiger partial charge >= 0.3 is 5.97 Å². The number of hydrogen-bond donors (Lipinski definition) is 3. The molecule has 0 aliphatic rings. The predicted molar refractivity (Wildman–Crippen MR) is 315 cm³/mol. The molecule has 0 rings (SSSR count). The first-order valence-corrected chi connectivity index (χ1v) is 32.3. The summed E-state index contributed by atoms with van der Waals surface area (Å²) in [4.78, 5) is 24.6. The van der Waals surface area contributed by atoms with Gasteiger partial charge in [0.1, 0.15) is 0 Å². The number of rotatable bonds is 60. The Morgan fingerprint density at radius 3 is 0.986 bits per heavy atom. The Morgan fingerprint density at radius 1 is 0.375 bits per heavy atom. The molecule has 0 fully saturated rings. The fraction of sp³-hybridized carbons (Fsp3) is 0.879. The zero-order valence-electron chi connectivity index (χ0n) is 48.4. The normalized spacial score (nSPS) is 12.8. The lowest BCUT2D eigenvalue weighted by Gasteiger charge is -2.20. The van der Waals surface area contributed by atoms with Crippen molar-refractivity contribution in [1.82, 2.24) is 5.32 Å². The zero-order valence-corrected chi connectivity index (χ0v) is 48.4. The van der Waals surface area contributed by atoms with Crippen LogP contribution in [0.1, 0.15) is 348 Å². The number of amides is 1. The van der Waals surface area contributed by atoms with Crippen LogP contribution in [0, 0.1) is 0 Å². The van der Waals surface area contributed by atoms with Gasteiger partial charge in [0.05, 0.1) is 25.4 Å². The Bertz CT molecular complexity index is 1170. The van der Waals surface area contributed by atoms with Crippen molar-refractivity contribution in [2.75, 3.05) is 13.2 Å². The van der Waals surface area contributed by atoms with Crippen molar-refractivity contribution in [2.45, 2.75) is 360 Å². The number of carbonyl (C=O) groups is 2. The van der Waals surface area contributed by atoms with E-state index < -0.39 is 12.1 Å². The standard InChI is InChI=1S/C66H125NO5/c1-3-5-7-9-11-13-15-17-19-21-22-23-24-25-26-28-30-34-38-42-46-50-54-58-64(69)63(62-68)67-65(70)59-55-51-47-43-39-35-31-29-33-37-41-45-49-53-57-61-72-66(71)60-56-52-48-44-40-36-32-27-20-18-16-14-12-10-8-6-4-2/h18,20,33,37,54,58,63-64,68-69H,3-17,19,21-32,34-36,38-53,55-57,59-62H2,1-2H3,(H,67,70)/b20-18-,37-33-,58-54+. The summed E-state index contributed by atoms with van der Waals surface area (Å²) in [7, 11) is 0. The van der Waals surface area contributed by atoms with Gasteiger partial charge in [-0.05, 0) is 83.5 Å². The highest BCUT2D eigenvalue weighted by atomic mass is 16.5. The van der Waals surface area contributed by atoms with Crippen molar-refractivity contribution >= 4 is 11.9 Å². The maximum atomic E-state index is 12.5. The van der Waals surface area contributed by atoms with E-state index in [4.69, 9.17) is 4.74 Å². The summed E-state index contributed by atoms with van der Waals surface area (Å²) >= 11 is 0. The minimum Gasteiger partial charge on any atom is -0.466 e. The van der Waals surface area contributed by atoms with E-state index >= 15 is 0 Å². The van der Waals surface area contributed by atoms with Crippen LogP contribution < -0.4 is 5.32 Å². The summed E-state index contributed by atoms with van der Waals surface area (Å²) in [6.07, 6.45) is 77.6. The van der Waals surface area contributed by atoms with Gasteiger partial charge in [-0.1, -0.05) is 288 Å². The molecular formula is C66H125NO5. The number of allylic oxidation sites excluding steroid dienone is 5. The number of unbranched alkanes of at least 4 members (excludes halogenated alkanes) is 45. The van der Waals surface area contributed by atoms with Crippen molar-refractivity contribution in [3.8, 4) is 0 Å². The third kappa shape index (κ3) is 57.4. The van der Waals surface area contributed by atoms with Crippen LogP contribution in [0.15, 0.2) is 36.5 Å². The van der Waals surface area contributed by atoms with Gasteiger partial charge in [0.25, 0.3) is 0 Å². The predicted octanol–water partition coefficient (Wildman–Crippen LogP) is 20.4. The second kappa shape index (κ2) is 61.6. The number of nitrogens with one attached hydrogen (secondary N) is 1. The molecule has 1 amide bonds. The Labute approximate surface area is 449 Å². The van der Waals surface area contributed by atoms with Crippen molar-refractivity contribution in [3.63, 3.8) is 0 Å². The molecule has 0 heterocycles. The van der Waals surface area contributed by atoms with Crippen LogP contribution in [-0.2, 0) is 14.3 Å². The number of carbonyl (C=O) groups excluding carboxylic acids is 2. The van der Waals surface area contributed by atoms with Gasteiger partial charge in [-0.3, -0.25) is 9.59 Å². The Balaban J connectivity index is 3.49. The smallest absolute Gasteiger partial charge is 0.305 e. The third-order valence-corrected chi connectivity index (χ3v) is 14.9. The molecule has 72 heavy (non-hydrogen) atoms. The van der Waals surface area contributed by atoms with E-state index in [2.05, 4.69) is 43.5 Å². The molecule has 0 aromatic carbocycles. The van der Waals surface area contributed by atoms with E-state index in [9.17, 15) is 19.8 Å². The molecule has 0 aromatic heterocycles. The Hall–Kier alpha value is -1.92. The minimum atomic E-state index is -0.856. The van der Waals surface area contributed by atoms with Crippen molar-refractivity contribution in [2.24, 2.45) is 0 Å². The van der Waals surface area contributed by atoms with Crippen molar-refractivity contribution in [3.05, 3.63) is 36.5 Å². The molecule has 0 saturated carbocycles. The molecule has 0 spiro atoms. The van der Waals surface area contributed by atoms with Crippen LogP contribution >= 0.6 is 0 Å². The lowest BCUT2D eigenvalue weighted by atomic mass is 10.0. The van der Waals surface area contributed by atoms with Gasteiger partial charge in [0.2, 0.25) is 5.91 Å². The van der Waals surface area contributed by atoms with Crippen LogP contribution in [0.5, 0.6) is 0 Å². The molecule has 2 unspecified atom stereocenters. The SMILES string of the molecule is CCCCCCCC/C=C\CCCCCCCCCC(=O)OCCCCCC/C=C\CCCCCCCCCC(=O)NC(CO)C(O)/C=C/CCCCCCCCCCCCCCCCCCCCCCC. The summed E-state index contributed by atoms with van der Waals surface area (Å²) in [5.74, 6) is -0.0944. The summed E-state index contributed by atoms with van der Waals surface area (Å²) in [6.45, 7) is 4.89. The molecule has 0 saturated heterocycles. The van der Waals surface area contributed by atoms with E-state index in [-0.39, 0.29) is 18.5 Å². The second-order valence-electron chi connectivity index (χ2n) is 22.1. The fourth-order valence-electron chi connectivity index (χ4n) is 9.92. The quantitative estimate of drug-likeness (QED) is 0.0320. The highest BCUT2D eigenvalue weighted by Gasteiger charge is 2.18. The largest absolute Gasteiger partial charge is 0.466 e. The van der Waals surface area contributed by atoms with Crippen LogP contribution in [-0.4, -0.2) is 47.4 Å². The first kappa shape index (κ1) is 70.1. The van der Waals surface area contributed by atoms with E-state index in [0.29, 0.717) is 19.4 Å². The Kier molecular flexibility index (Phi) is 60.0. The van der Waals surface area contributed by atoms with Crippen molar-refractivity contribution < 1.29 is 24.5 Å². The molecule has 0 radical (unpaired) electrons. The number of aliphatic hydroxyl groups is 2. The van der Waals surface area contributed by atoms with Crippen LogP contribution in [0.25, 0.3) is 0 Å². The van der Waals surface area contributed by atoms with Gasteiger partial charge in [-0.15, -0.1) is 0 Å². The van der Waals surface area contributed by atoms with E-state index in [1.807, 2.05) is 6.08 Å². The summed E-state index contributed by atoms with van der Waals surface area (Å²) < 4.78 is 5.47. The second-order valence-corrected chi connectivity index (χ2v) is 22.1. The minimum absolute atomic E-state index is 0.0140. The molecule has 0 aromatic rings. The molecule has 0 bridgehead atoms. The maximum Gasteiger partial charge on any atom is 0.305 e. The van der Waals surface area contributed by atoms with Gasteiger partial charge in [0, 0.05) is 12.8 Å². The first-order valence-electron chi connectivity index (χ1n) is 32.3. The summed E-state index contributed by atoms with van der Waals surface area (Å²) in [6, 6.07) is -0.641. The number of ether oxygens (including phenoxy) is 1. The molecule has 0 aliphatic heterocycles. The van der Waals surface area contributed by atoms with E-state index in [1.54, 1.807) is 6.08 Å². The zero-order chi connectivity index (χ0) is 52.2. The van der Waals surface area contributed by atoms with E-state index in [0.717, 1.165) is 70.6 Å². The topological polar surface area (TPSA) is 95.9 Å². The van der Waals surface area contributed by atoms with Gasteiger partial charge in [0.15, 0.2) is 0 Å². The number of hydrogen-bond acceptors (Lipinski definition) is 5. The lowest BCUT2D eigenvalue weighted by Crippen LogP contribution is -2.45. The lowest BCUT2D eigenvalue weighted by molar-refractivity contribution is -0.143. The highest BCUT2D eigenvalue weighted by molar-refractivity contribution is 5.76. The maximum absolute atomic E-state index is 12.5. The highest BCUT2D eigenvalue weighted by Crippen LogP contribution is 2.17. The van der Waals surface area contributed by atoms with E-state index in [1.165, 1.54) is 250 Å². The van der Waals surface area contributed by atoms with Gasteiger partial charge in [-0.25, -0.2) is 0 Å². The monoisotopic (exact) mass is 1010 g/mol. The van der Waals surface area contributed by atoms with Crippen LogP contribution in [0.3, 0.4) is 0 Å². The molecule has 2 atom stereocenters. The molecule has 6 heteroatoms. The van der Waals surface area contributed by atoms with Crippen molar-refractivity contribution in [1.29, 1.82) is 0 Å². The molecule has 424 valence electrons. The summed E-state index contributed by atoms with van der Waals surface area (Å²) in [5, 5.41) is 23.2. The average molecular weight is 1010 g/mol. The molecule has 3 N–H and O–H groups in total. The molecular weight excluding hydrogens is 887 g/mol. The molecule has 6 nitrogen and oxygen atoms in total. The Morgan fingerprint density at radius 2 is 0.653 bits per heavy atom. The van der Waals surface area contributed by atoms with Crippen LogP contribution in [0.2, 0.25) is 0 Å². The number of aliphatic hydroxyl groups excluding tert-OH is 2. The number of esters is 1. The van der Waals surface area contributed by atoms with Gasteiger partial charge in [-0.2, -0.15) is 0 Å².